The van der Waals surface area contributed by atoms with Crippen molar-refractivity contribution in [2.45, 2.75) is 58.7 Å². The number of ether oxygens (including phenoxy) is 1. The molecule has 0 spiro atoms. The normalized spacial score (nSPS) is 16.2. The van der Waals surface area contributed by atoms with E-state index in [4.69, 9.17) is 27.9 Å². The minimum Gasteiger partial charge on any atom is -0.444 e. The van der Waals surface area contributed by atoms with E-state index in [0.717, 1.165) is 43.3 Å². The second-order valence-corrected chi connectivity index (χ2v) is 11.8. The van der Waals surface area contributed by atoms with Crippen LogP contribution in [0.15, 0.2) is 48.5 Å². The highest BCUT2D eigenvalue weighted by molar-refractivity contribution is 6.30. The Hall–Kier alpha value is -2.32. The zero-order valence-corrected chi connectivity index (χ0v) is 25.3. The summed E-state index contributed by atoms with van der Waals surface area (Å²) in [7, 11) is 0. The Morgan fingerprint density at radius 1 is 0.923 bits per heavy atom. The van der Waals surface area contributed by atoms with Crippen molar-refractivity contribution in [2.24, 2.45) is 0 Å². The van der Waals surface area contributed by atoms with E-state index >= 15 is 0 Å². The summed E-state index contributed by atoms with van der Waals surface area (Å²) in [5.41, 5.74) is 1.47. The molecule has 1 heterocycles. The van der Waals surface area contributed by atoms with Crippen LogP contribution in [0.5, 0.6) is 0 Å². The minimum absolute atomic E-state index is 0.109. The van der Waals surface area contributed by atoms with Crippen LogP contribution < -0.4 is 5.32 Å². The lowest BCUT2D eigenvalue weighted by Gasteiger charge is -2.42. The summed E-state index contributed by atoms with van der Waals surface area (Å²) >= 11 is 12.2. The molecule has 3 rings (SSSR count). The van der Waals surface area contributed by atoms with Gasteiger partial charge in [-0.15, -0.1) is 0 Å². The second kappa shape index (κ2) is 14.4. The quantitative estimate of drug-likeness (QED) is 0.395. The fraction of sp³-hybridized carbons (Fsp3) is 0.533. The number of piperazine rings is 1. The number of benzene rings is 2. The van der Waals surface area contributed by atoms with Gasteiger partial charge in [-0.2, -0.15) is 0 Å². The van der Waals surface area contributed by atoms with E-state index in [0.29, 0.717) is 24.5 Å². The highest BCUT2D eigenvalue weighted by atomic mass is 35.5. The molecule has 1 aliphatic heterocycles. The van der Waals surface area contributed by atoms with E-state index in [9.17, 15) is 9.59 Å². The number of hydrogen-bond acceptors (Lipinski definition) is 5. The number of nitrogens with one attached hydrogen (secondary N) is 1. The van der Waals surface area contributed by atoms with Crippen molar-refractivity contribution in [2.75, 3.05) is 45.8 Å². The van der Waals surface area contributed by atoms with Crippen molar-refractivity contribution in [1.82, 2.24) is 20.0 Å². The summed E-state index contributed by atoms with van der Waals surface area (Å²) < 4.78 is 5.46. The number of rotatable bonds is 10. The van der Waals surface area contributed by atoms with Crippen LogP contribution in [0.2, 0.25) is 10.0 Å². The third-order valence-corrected chi connectivity index (χ3v) is 7.49. The third-order valence-electron chi connectivity index (χ3n) is 6.99. The summed E-state index contributed by atoms with van der Waals surface area (Å²) in [6.45, 7) is 15.2. The first-order valence-electron chi connectivity index (χ1n) is 13.7. The molecule has 0 bridgehead atoms. The fourth-order valence-electron chi connectivity index (χ4n) is 4.82. The zero-order chi connectivity index (χ0) is 28.6. The number of hydrogen-bond donors (Lipinski definition) is 1. The maximum atomic E-state index is 13.7. The van der Waals surface area contributed by atoms with Crippen molar-refractivity contribution >= 4 is 35.2 Å². The van der Waals surface area contributed by atoms with Crippen molar-refractivity contribution in [1.29, 1.82) is 0 Å². The first kappa shape index (κ1) is 31.2. The Morgan fingerprint density at radius 2 is 1.46 bits per heavy atom. The van der Waals surface area contributed by atoms with Crippen LogP contribution in [0, 0.1) is 0 Å². The molecule has 1 fully saturated rings. The van der Waals surface area contributed by atoms with Crippen LogP contribution in [0.3, 0.4) is 0 Å². The number of halogens is 2. The zero-order valence-electron chi connectivity index (χ0n) is 23.8. The molecule has 0 saturated carbocycles. The Balaban J connectivity index is 1.72. The first-order chi connectivity index (χ1) is 18.5. The molecule has 7 nitrogen and oxygen atoms in total. The van der Waals surface area contributed by atoms with Crippen molar-refractivity contribution < 1.29 is 14.3 Å². The van der Waals surface area contributed by atoms with E-state index in [-0.39, 0.29) is 11.9 Å². The maximum Gasteiger partial charge on any atom is 0.408 e. The van der Waals surface area contributed by atoms with Gasteiger partial charge in [0.25, 0.3) is 0 Å². The van der Waals surface area contributed by atoms with Crippen LogP contribution in [-0.4, -0.2) is 84.2 Å². The minimum atomic E-state index is -0.740. The molecule has 0 aromatic heterocycles. The molecule has 1 aliphatic rings. The molecule has 214 valence electrons. The number of amides is 2. The van der Waals surface area contributed by atoms with Crippen LogP contribution >= 0.6 is 23.2 Å². The van der Waals surface area contributed by atoms with Gasteiger partial charge in [-0.3, -0.25) is 9.69 Å². The Bertz CT molecular complexity index is 1060. The van der Waals surface area contributed by atoms with E-state index in [1.807, 2.05) is 29.2 Å². The monoisotopic (exact) mass is 576 g/mol. The number of likely N-dealkylation sites (N-methyl/N-ethyl adjacent to an activating group) is 1. The van der Waals surface area contributed by atoms with E-state index < -0.39 is 17.7 Å². The molecule has 9 heteroatoms. The second-order valence-electron chi connectivity index (χ2n) is 10.9. The van der Waals surface area contributed by atoms with Gasteiger partial charge in [-0.05, 0) is 69.3 Å². The average Bonchev–Trinajstić information content (AvgIpc) is 2.90. The fourth-order valence-corrected chi connectivity index (χ4v) is 5.08. The lowest BCUT2D eigenvalue weighted by Crippen LogP contribution is -2.57. The van der Waals surface area contributed by atoms with Gasteiger partial charge in [0.05, 0.1) is 0 Å². The van der Waals surface area contributed by atoms with Gasteiger partial charge in [-0.1, -0.05) is 61.3 Å². The number of carbonyl (C=O) groups excluding carboxylic acids is 2. The van der Waals surface area contributed by atoms with E-state index in [1.165, 1.54) is 5.56 Å². The highest BCUT2D eigenvalue weighted by Gasteiger charge is 2.32. The third kappa shape index (κ3) is 9.67. The highest BCUT2D eigenvalue weighted by Crippen LogP contribution is 2.25. The Labute approximate surface area is 243 Å². The molecular formula is C30H42Cl2N4O3. The number of alkyl carbamates (subject to hydrolysis) is 1. The lowest BCUT2D eigenvalue weighted by molar-refractivity contribution is -0.135. The molecule has 2 unspecified atom stereocenters. The smallest absolute Gasteiger partial charge is 0.408 e. The summed E-state index contributed by atoms with van der Waals surface area (Å²) in [6.07, 6.45) is -0.249. The van der Waals surface area contributed by atoms with Gasteiger partial charge in [0.15, 0.2) is 0 Å². The predicted octanol–water partition coefficient (Wildman–Crippen LogP) is 5.66. The molecule has 2 aromatic carbocycles. The van der Waals surface area contributed by atoms with Crippen molar-refractivity contribution in [3.63, 3.8) is 0 Å². The van der Waals surface area contributed by atoms with Gasteiger partial charge >= 0.3 is 6.09 Å². The maximum absolute atomic E-state index is 13.7. The molecule has 1 saturated heterocycles. The molecule has 2 amide bonds. The molecule has 0 aliphatic carbocycles. The van der Waals surface area contributed by atoms with Crippen molar-refractivity contribution in [3.8, 4) is 0 Å². The average molecular weight is 578 g/mol. The predicted molar refractivity (Wildman–Crippen MR) is 158 cm³/mol. The van der Waals surface area contributed by atoms with Gasteiger partial charge in [-0.25, -0.2) is 4.79 Å². The summed E-state index contributed by atoms with van der Waals surface area (Å²) in [6, 6.07) is 14.9. The van der Waals surface area contributed by atoms with Crippen LogP contribution in [0.4, 0.5) is 4.79 Å². The van der Waals surface area contributed by atoms with Crippen LogP contribution in [0.1, 0.15) is 51.8 Å². The lowest BCUT2D eigenvalue weighted by atomic mass is 10.0. The standard InChI is InChI=1S/C30H42Cl2N4O3/c1-6-34(7-2)21-27(23-10-14-25(32)15-11-23)35-16-18-36(19-17-35)28(37)26(33-29(38)39-30(3,4)5)20-22-8-12-24(31)13-9-22/h8-15,26-27H,6-7,16-21H2,1-5H3,(H,33,38). The Morgan fingerprint density at radius 3 is 1.97 bits per heavy atom. The summed E-state index contributed by atoms with van der Waals surface area (Å²) in [5, 5.41) is 4.17. The summed E-state index contributed by atoms with van der Waals surface area (Å²) in [5.74, 6) is -0.109. The van der Waals surface area contributed by atoms with Gasteiger partial charge in [0.2, 0.25) is 5.91 Å². The number of carbonyl (C=O) groups is 2. The first-order valence-corrected chi connectivity index (χ1v) is 14.5. The largest absolute Gasteiger partial charge is 0.444 e. The molecule has 2 atom stereocenters. The Kier molecular flexibility index (Phi) is 11.5. The van der Waals surface area contributed by atoms with Gasteiger partial charge in [0, 0.05) is 55.2 Å². The van der Waals surface area contributed by atoms with Crippen molar-refractivity contribution in [3.05, 3.63) is 69.7 Å². The van der Waals surface area contributed by atoms with Gasteiger partial charge in [0.1, 0.15) is 11.6 Å². The van der Waals surface area contributed by atoms with Crippen LogP contribution in [0.25, 0.3) is 0 Å². The number of nitrogens with zero attached hydrogens (tertiary/aromatic N) is 3. The molecule has 1 N–H and O–H groups in total. The molecule has 39 heavy (non-hydrogen) atoms. The van der Waals surface area contributed by atoms with Gasteiger partial charge < -0.3 is 19.9 Å². The SMILES string of the molecule is CCN(CC)CC(c1ccc(Cl)cc1)N1CCN(C(=O)C(Cc2ccc(Cl)cc2)NC(=O)OC(C)(C)C)CC1. The molecule has 0 radical (unpaired) electrons. The molecular weight excluding hydrogens is 535 g/mol. The topological polar surface area (TPSA) is 65.1 Å². The summed E-state index contributed by atoms with van der Waals surface area (Å²) in [4.78, 5) is 33.1. The van der Waals surface area contributed by atoms with E-state index in [1.54, 1.807) is 32.9 Å². The molecule has 2 aromatic rings. The van der Waals surface area contributed by atoms with Crippen LogP contribution in [-0.2, 0) is 16.0 Å². The van der Waals surface area contributed by atoms with E-state index in [2.05, 4.69) is 41.1 Å².